The Kier molecular flexibility index (Phi) is 4.81. The Hall–Kier alpha value is -3.19. The first-order valence-corrected chi connectivity index (χ1v) is 11.5. The summed E-state index contributed by atoms with van der Waals surface area (Å²) in [7, 11) is 0. The number of hydrogen-bond acceptors (Lipinski definition) is 5. The molecule has 2 aliphatic heterocycles. The number of benzene rings is 3. The lowest BCUT2D eigenvalue weighted by molar-refractivity contribution is -0.150. The van der Waals surface area contributed by atoms with Crippen LogP contribution in [0.1, 0.15) is 33.7 Å². The van der Waals surface area contributed by atoms with Crippen LogP contribution in [0.5, 0.6) is 0 Å². The fourth-order valence-corrected chi connectivity index (χ4v) is 5.68. The minimum absolute atomic E-state index is 0.278. The molecule has 8 heteroatoms. The van der Waals surface area contributed by atoms with Gasteiger partial charge in [0.1, 0.15) is 5.92 Å². The topological polar surface area (TPSA) is 81.7 Å². The summed E-state index contributed by atoms with van der Waals surface area (Å²) < 4.78 is 12.1. The molecule has 5 atom stereocenters. The van der Waals surface area contributed by atoms with Gasteiger partial charge in [0.15, 0.2) is 17.5 Å². The summed E-state index contributed by atoms with van der Waals surface area (Å²) in [6.07, 6.45) is -1.73. The van der Waals surface area contributed by atoms with Crippen molar-refractivity contribution in [2.24, 2.45) is 11.8 Å². The van der Waals surface area contributed by atoms with Gasteiger partial charge in [0, 0.05) is 16.8 Å². The number of halogens is 2. The number of fused-ring (bicyclic) bond motifs is 2. The summed E-state index contributed by atoms with van der Waals surface area (Å²) in [4.78, 5) is 40.5. The smallest absolute Gasteiger partial charge is 0.314 e. The van der Waals surface area contributed by atoms with Gasteiger partial charge in [-0.2, -0.15) is 0 Å². The van der Waals surface area contributed by atoms with Crippen molar-refractivity contribution in [3.05, 3.63) is 99.5 Å². The highest BCUT2D eigenvalue weighted by atomic mass is 35.5. The predicted octanol–water partition coefficient (Wildman–Crippen LogP) is 5.17. The molecule has 0 radical (unpaired) electrons. The molecule has 1 amide bonds. The number of anilines is 1. The maximum atomic E-state index is 13.7. The third kappa shape index (κ3) is 2.89. The summed E-state index contributed by atoms with van der Waals surface area (Å²) in [5.41, 5.74) is 0.552. The maximum absolute atomic E-state index is 13.7. The number of hydrogen-bond donors (Lipinski definition) is 1. The molecule has 0 saturated carbocycles. The third-order valence-corrected chi connectivity index (χ3v) is 7.55. The van der Waals surface area contributed by atoms with Crippen LogP contribution in [-0.2, 0) is 19.1 Å². The van der Waals surface area contributed by atoms with Crippen LogP contribution in [0.4, 0.5) is 5.69 Å². The Morgan fingerprint density at radius 3 is 2.41 bits per heavy atom. The zero-order valence-corrected chi connectivity index (χ0v) is 19.0. The number of ether oxygens (including phenoxy) is 2. The van der Waals surface area contributed by atoms with Crippen LogP contribution in [-0.4, -0.2) is 23.3 Å². The first-order chi connectivity index (χ1) is 16.4. The second kappa shape index (κ2) is 7.67. The number of carbonyl (C=O) groups excluding carboxylic acids is 3. The molecule has 3 aromatic carbocycles. The summed E-state index contributed by atoms with van der Waals surface area (Å²) in [6.45, 7) is 0. The SMILES string of the molecule is O=C(Nc1ccc(Cl)c(Cl)c1)[C@@H]1[C@H]2C(=O)O[C@H]3c4ccccc4C(=O)[C@@]23O[C@H]1c1ccccc1. The number of esters is 1. The number of carbonyl (C=O) groups is 3. The van der Waals surface area contributed by atoms with E-state index in [0.29, 0.717) is 27.4 Å². The number of amides is 1. The molecule has 6 rings (SSSR count). The number of ketones is 1. The summed E-state index contributed by atoms with van der Waals surface area (Å²) in [5, 5.41) is 3.44. The van der Waals surface area contributed by atoms with E-state index < -0.39 is 41.5 Å². The second-order valence-corrected chi connectivity index (χ2v) is 9.41. The molecule has 1 spiro atoms. The van der Waals surface area contributed by atoms with Crippen LogP contribution in [0.15, 0.2) is 72.8 Å². The molecule has 0 aromatic heterocycles. The molecule has 34 heavy (non-hydrogen) atoms. The first-order valence-electron chi connectivity index (χ1n) is 10.7. The van der Waals surface area contributed by atoms with E-state index in [1.165, 1.54) is 6.07 Å². The van der Waals surface area contributed by atoms with Gasteiger partial charge in [-0.3, -0.25) is 14.4 Å². The highest BCUT2D eigenvalue weighted by Gasteiger charge is 2.76. The molecular weight excluding hydrogens is 477 g/mol. The average Bonchev–Trinajstić information content (AvgIpc) is 3.42. The Bertz CT molecular complexity index is 1360. The normalized spacial score (nSPS) is 28.8. The van der Waals surface area contributed by atoms with Gasteiger partial charge in [0.25, 0.3) is 0 Å². The molecule has 3 aliphatic rings. The fourth-order valence-electron chi connectivity index (χ4n) is 5.38. The Labute approximate surface area is 204 Å². The van der Waals surface area contributed by atoms with E-state index in [4.69, 9.17) is 32.7 Å². The lowest BCUT2D eigenvalue weighted by atomic mass is 9.76. The summed E-state index contributed by atoms with van der Waals surface area (Å²) >= 11 is 12.1. The van der Waals surface area contributed by atoms with Gasteiger partial charge < -0.3 is 14.8 Å². The van der Waals surface area contributed by atoms with Crippen molar-refractivity contribution >= 4 is 46.5 Å². The van der Waals surface area contributed by atoms with Gasteiger partial charge in [-0.25, -0.2) is 0 Å². The molecular formula is C26H17Cl2NO5. The van der Waals surface area contributed by atoms with Crippen LogP contribution >= 0.6 is 23.2 Å². The van der Waals surface area contributed by atoms with Crippen molar-refractivity contribution in [1.82, 2.24) is 0 Å². The number of nitrogens with one attached hydrogen (secondary N) is 1. The van der Waals surface area contributed by atoms with Crippen molar-refractivity contribution in [2.75, 3.05) is 5.32 Å². The highest BCUT2D eigenvalue weighted by Crippen LogP contribution is 2.63. The van der Waals surface area contributed by atoms with Gasteiger partial charge in [-0.15, -0.1) is 0 Å². The lowest BCUT2D eigenvalue weighted by Crippen LogP contribution is -2.44. The van der Waals surface area contributed by atoms with Crippen molar-refractivity contribution in [2.45, 2.75) is 17.8 Å². The van der Waals surface area contributed by atoms with Gasteiger partial charge in [0.2, 0.25) is 5.91 Å². The molecule has 2 fully saturated rings. The first kappa shape index (κ1) is 21.4. The largest absolute Gasteiger partial charge is 0.453 e. The highest BCUT2D eigenvalue weighted by molar-refractivity contribution is 6.42. The van der Waals surface area contributed by atoms with E-state index in [9.17, 15) is 14.4 Å². The van der Waals surface area contributed by atoms with E-state index in [0.717, 1.165) is 0 Å². The third-order valence-electron chi connectivity index (χ3n) is 6.81. The zero-order valence-electron chi connectivity index (χ0n) is 17.5. The van der Waals surface area contributed by atoms with Crippen LogP contribution in [0, 0.1) is 11.8 Å². The standard InChI is InChI=1S/C26H17Cl2NO5/c27-17-11-10-14(12-18(17)28)29-24(31)19-20-25(32)33-23-16-9-5-4-8-15(16)22(30)26(20,23)34-21(19)13-6-2-1-3-7-13/h1-12,19-21,23H,(H,29,31)/t19-,20+,21+,23+,26+/m1/s1. The fraction of sp³-hybridized carbons (Fsp3) is 0.192. The molecule has 170 valence electrons. The van der Waals surface area contributed by atoms with E-state index in [-0.39, 0.29) is 10.8 Å². The predicted molar refractivity (Wildman–Crippen MR) is 125 cm³/mol. The van der Waals surface area contributed by atoms with E-state index in [1.807, 2.05) is 30.3 Å². The molecule has 2 heterocycles. The Morgan fingerprint density at radius 2 is 1.65 bits per heavy atom. The molecule has 6 nitrogen and oxygen atoms in total. The molecule has 2 saturated heterocycles. The van der Waals surface area contributed by atoms with Crippen LogP contribution in [0.3, 0.4) is 0 Å². The number of Topliss-reactive ketones (excluding diaryl/α,β-unsaturated/α-hetero) is 1. The lowest BCUT2D eigenvalue weighted by Gasteiger charge is -2.24. The van der Waals surface area contributed by atoms with Crippen molar-refractivity contribution in [3.8, 4) is 0 Å². The van der Waals surface area contributed by atoms with Gasteiger partial charge >= 0.3 is 5.97 Å². The van der Waals surface area contributed by atoms with Gasteiger partial charge in [0.05, 0.1) is 22.1 Å². The van der Waals surface area contributed by atoms with Crippen LogP contribution < -0.4 is 5.32 Å². The van der Waals surface area contributed by atoms with E-state index in [1.54, 1.807) is 36.4 Å². The summed E-state index contributed by atoms with van der Waals surface area (Å²) in [6, 6.07) is 20.8. The minimum atomic E-state index is -1.60. The van der Waals surface area contributed by atoms with Crippen molar-refractivity contribution < 1.29 is 23.9 Å². The van der Waals surface area contributed by atoms with Crippen molar-refractivity contribution in [1.29, 1.82) is 0 Å². The maximum Gasteiger partial charge on any atom is 0.314 e. The quantitative estimate of drug-likeness (QED) is 0.509. The monoisotopic (exact) mass is 493 g/mol. The van der Waals surface area contributed by atoms with Gasteiger partial charge in [-0.1, -0.05) is 77.8 Å². The minimum Gasteiger partial charge on any atom is -0.453 e. The second-order valence-electron chi connectivity index (χ2n) is 8.60. The van der Waals surface area contributed by atoms with Crippen LogP contribution in [0.25, 0.3) is 0 Å². The van der Waals surface area contributed by atoms with Crippen molar-refractivity contribution in [3.63, 3.8) is 0 Å². The molecule has 0 unspecified atom stereocenters. The summed E-state index contributed by atoms with van der Waals surface area (Å²) in [5.74, 6) is -3.55. The van der Waals surface area contributed by atoms with E-state index >= 15 is 0 Å². The van der Waals surface area contributed by atoms with E-state index in [2.05, 4.69) is 5.32 Å². The molecule has 0 bridgehead atoms. The number of rotatable bonds is 3. The molecule has 1 aliphatic carbocycles. The Balaban J connectivity index is 1.46. The zero-order chi connectivity index (χ0) is 23.6. The molecule has 1 N–H and O–H groups in total. The Morgan fingerprint density at radius 1 is 0.912 bits per heavy atom. The van der Waals surface area contributed by atoms with Crippen LogP contribution in [0.2, 0.25) is 10.0 Å². The average molecular weight is 494 g/mol. The molecule has 3 aromatic rings. The van der Waals surface area contributed by atoms with Gasteiger partial charge in [-0.05, 0) is 23.8 Å².